The molecule has 5 rings (SSSR count). The highest BCUT2D eigenvalue weighted by atomic mass is 16.6. The Balaban J connectivity index is 1.56. The van der Waals surface area contributed by atoms with Gasteiger partial charge in [-0.3, -0.25) is 4.90 Å². The first-order chi connectivity index (χ1) is 17.7. The molecule has 1 saturated carbocycles. The van der Waals surface area contributed by atoms with Gasteiger partial charge in [-0.15, -0.1) is 5.10 Å². The number of benzene rings is 1. The summed E-state index contributed by atoms with van der Waals surface area (Å²) >= 11 is 0. The molecule has 0 radical (unpaired) electrons. The summed E-state index contributed by atoms with van der Waals surface area (Å²) in [6.45, 7) is 6.53. The smallest absolute Gasteiger partial charge is 0.415 e. The van der Waals surface area contributed by atoms with E-state index in [2.05, 4.69) is 4.98 Å². The van der Waals surface area contributed by atoms with Gasteiger partial charge >= 0.3 is 12.2 Å². The van der Waals surface area contributed by atoms with Crippen molar-refractivity contribution in [2.24, 2.45) is 0 Å². The minimum Gasteiger partial charge on any atom is -0.471 e. The number of rotatable bonds is 6. The van der Waals surface area contributed by atoms with Crippen molar-refractivity contribution in [2.75, 3.05) is 18.0 Å². The van der Waals surface area contributed by atoms with E-state index in [1.54, 1.807) is 15.5 Å². The first-order valence-corrected chi connectivity index (χ1v) is 12.8. The van der Waals surface area contributed by atoms with Gasteiger partial charge < -0.3 is 19.5 Å². The molecule has 2 aromatic heterocycles. The van der Waals surface area contributed by atoms with Crippen molar-refractivity contribution < 1.29 is 24.2 Å². The minimum absolute atomic E-state index is 0.267. The third-order valence-electron chi connectivity index (χ3n) is 6.47. The molecule has 1 N–H and O–H groups in total. The van der Waals surface area contributed by atoms with Crippen LogP contribution >= 0.6 is 0 Å². The van der Waals surface area contributed by atoms with Crippen LogP contribution in [0.2, 0.25) is 0 Å². The molecule has 3 aromatic rings. The third kappa shape index (κ3) is 5.79. The highest BCUT2D eigenvalue weighted by Gasteiger charge is 2.32. The highest BCUT2D eigenvalue weighted by Crippen LogP contribution is 2.41. The molecule has 2 aliphatic rings. The second-order valence-corrected chi connectivity index (χ2v) is 10.7. The molecule has 196 valence electrons. The van der Waals surface area contributed by atoms with Crippen LogP contribution in [0.3, 0.4) is 0 Å². The van der Waals surface area contributed by atoms with E-state index in [4.69, 9.17) is 14.6 Å². The number of anilines is 1. The number of likely N-dealkylation sites (tertiary alicyclic amines) is 1. The number of fused-ring (bicyclic) bond motifs is 1. The summed E-state index contributed by atoms with van der Waals surface area (Å²) in [6, 6.07) is 11.4. The number of carbonyl (C=O) groups is 2. The van der Waals surface area contributed by atoms with Crippen molar-refractivity contribution in [3.05, 3.63) is 53.9 Å². The molecule has 1 aliphatic heterocycles. The molecule has 37 heavy (non-hydrogen) atoms. The summed E-state index contributed by atoms with van der Waals surface area (Å²) in [5.41, 5.74) is 2.30. The lowest BCUT2D eigenvalue weighted by Gasteiger charge is -2.31. The largest absolute Gasteiger partial charge is 0.471 e. The van der Waals surface area contributed by atoms with Crippen LogP contribution in [0.1, 0.15) is 63.6 Å². The molecule has 1 aliphatic carbocycles. The van der Waals surface area contributed by atoms with E-state index in [-0.39, 0.29) is 19.2 Å². The molecule has 1 atom stereocenters. The quantitative estimate of drug-likeness (QED) is 0.496. The average Bonchev–Trinajstić information content (AvgIpc) is 3.60. The van der Waals surface area contributed by atoms with Crippen molar-refractivity contribution in [2.45, 2.75) is 70.6 Å². The lowest BCUT2D eigenvalue weighted by atomic mass is 10.1. The number of nitrogens with zero attached hydrogens (tertiary/aromatic N) is 5. The number of aromatic nitrogens is 3. The second kappa shape index (κ2) is 9.91. The maximum absolute atomic E-state index is 13.5. The molecule has 3 heterocycles. The summed E-state index contributed by atoms with van der Waals surface area (Å²) in [7, 11) is 0. The molecule has 0 bridgehead atoms. The zero-order valence-corrected chi connectivity index (χ0v) is 21.5. The van der Waals surface area contributed by atoms with Gasteiger partial charge in [-0.25, -0.2) is 19.1 Å². The zero-order valence-electron chi connectivity index (χ0n) is 21.5. The van der Waals surface area contributed by atoms with E-state index >= 15 is 0 Å². The molecule has 2 fully saturated rings. The number of imidazole rings is 1. The molecule has 1 saturated heterocycles. The molecular weight excluding hydrogens is 474 g/mol. The Kier molecular flexibility index (Phi) is 6.66. The first-order valence-electron chi connectivity index (χ1n) is 12.8. The van der Waals surface area contributed by atoms with E-state index in [9.17, 15) is 14.7 Å². The molecule has 1 aromatic carbocycles. The summed E-state index contributed by atoms with van der Waals surface area (Å²) in [5.74, 6) is 0.688. The van der Waals surface area contributed by atoms with Crippen molar-refractivity contribution in [3.8, 4) is 5.88 Å². The summed E-state index contributed by atoms with van der Waals surface area (Å²) in [4.78, 5) is 32.6. The van der Waals surface area contributed by atoms with Crippen LogP contribution in [-0.2, 0) is 11.3 Å². The molecule has 10 heteroatoms. The van der Waals surface area contributed by atoms with Gasteiger partial charge in [-0.05, 0) is 52.0 Å². The van der Waals surface area contributed by atoms with E-state index < -0.39 is 17.8 Å². The van der Waals surface area contributed by atoms with Crippen molar-refractivity contribution >= 4 is 23.5 Å². The fraction of sp³-hybridized carbons (Fsp3) is 0.481. The SMILES string of the molecule is CC(C)(C)OC(=O)N(Cc1ccccc1)c1cc(O[C@@H]2CCCN(C(=O)O)C2)nn2c(C3CC3)cnc12. The number of carbonyl (C=O) groups excluding carboxylic acids is 1. The number of ether oxygens (including phenoxy) is 2. The van der Waals surface area contributed by atoms with Gasteiger partial charge in [0.15, 0.2) is 5.65 Å². The van der Waals surface area contributed by atoms with Crippen LogP contribution in [0.25, 0.3) is 5.65 Å². The van der Waals surface area contributed by atoms with Crippen molar-refractivity contribution in [3.63, 3.8) is 0 Å². The number of hydrogen-bond acceptors (Lipinski definition) is 6. The molecular formula is C27H33N5O5. The van der Waals surface area contributed by atoms with Crippen LogP contribution in [0.15, 0.2) is 42.6 Å². The number of carboxylic acid groups (broad SMARTS) is 1. The molecule has 0 unspecified atom stereocenters. The highest BCUT2D eigenvalue weighted by molar-refractivity contribution is 5.92. The second-order valence-electron chi connectivity index (χ2n) is 10.7. The topological polar surface area (TPSA) is 110 Å². The van der Waals surface area contributed by atoms with Gasteiger partial charge in [0.25, 0.3) is 0 Å². The van der Waals surface area contributed by atoms with E-state index in [0.29, 0.717) is 36.1 Å². The van der Waals surface area contributed by atoms with Crippen molar-refractivity contribution in [1.82, 2.24) is 19.5 Å². The third-order valence-corrected chi connectivity index (χ3v) is 6.47. The zero-order chi connectivity index (χ0) is 26.2. The monoisotopic (exact) mass is 507 g/mol. The summed E-state index contributed by atoms with van der Waals surface area (Å²) in [5, 5.41) is 14.2. The number of hydrogen-bond donors (Lipinski definition) is 1. The van der Waals surface area contributed by atoms with Gasteiger partial charge in [-0.2, -0.15) is 0 Å². The van der Waals surface area contributed by atoms with Gasteiger partial charge in [-0.1, -0.05) is 30.3 Å². The van der Waals surface area contributed by atoms with Crippen LogP contribution < -0.4 is 9.64 Å². The molecule has 0 spiro atoms. The maximum atomic E-state index is 13.5. The summed E-state index contributed by atoms with van der Waals surface area (Å²) in [6.07, 6.45) is 3.58. The van der Waals surface area contributed by atoms with Gasteiger partial charge in [0.05, 0.1) is 30.7 Å². The molecule has 10 nitrogen and oxygen atoms in total. The Labute approximate surface area is 215 Å². The predicted octanol–water partition coefficient (Wildman–Crippen LogP) is 5.07. The van der Waals surface area contributed by atoms with Crippen LogP contribution in [-0.4, -0.2) is 61.6 Å². The van der Waals surface area contributed by atoms with Crippen LogP contribution in [0.5, 0.6) is 5.88 Å². The first kappa shape index (κ1) is 24.9. The predicted molar refractivity (Wildman–Crippen MR) is 137 cm³/mol. The lowest BCUT2D eigenvalue weighted by molar-refractivity contribution is 0.0576. The van der Waals surface area contributed by atoms with Gasteiger partial charge in [0, 0.05) is 18.5 Å². The van der Waals surface area contributed by atoms with Crippen LogP contribution in [0.4, 0.5) is 15.3 Å². The van der Waals surface area contributed by atoms with Gasteiger partial charge in [0.1, 0.15) is 11.7 Å². The Morgan fingerprint density at radius 1 is 1.16 bits per heavy atom. The summed E-state index contributed by atoms with van der Waals surface area (Å²) < 4.78 is 13.8. The fourth-order valence-electron chi connectivity index (χ4n) is 4.57. The maximum Gasteiger partial charge on any atom is 0.415 e. The fourth-order valence-corrected chi connectivity index (χ4v) is 4.57. The van der Waals surface area contributed by atoms with Crippen LogP contribution in [0, 0.1) is 0 Å². The Morgan fingerprint density at radius 3 is 2.59 bits per heavy atom. The van der Waals surface area contributed by atoms with Gasteiger partial charge in [0.2, 0.25) is 5.88 Å². The number of amides is 2. The van der Waals surface area contributed by atoms with E-state index in [1.165, 1.54) is 4.90 Å². The average molecular weight is 508 g/mol. The Bertz CT molecular complexity index is 1280. The lowest BCUT2D eigenvalue weighted by Crippen LogP contribution is -2.43. The number of piperidine rings is 1. The molecule has 2 amide bonds. The van der Waals surface area contributed by atoms with E-state index in [1.807, 2.05) is 57.3 Å². The van der Waals surface area contributed by atoms with Crippen molar-refractivity contribution in [1.29, 1.82) is 0 Å². The standard InChI is InChI=1S/C27H33N5O5/c1-27(2,3)37-26(35)31(16-18-8-5-4-6-9-18)21-14-23(36-20-10-7-13-30(17-20)25(33)34)29-32-22(19-11-12-19)15-28-24(21)32/h4-6,8-9,14-15,19-20H,7,10-13,16-17H2,1-3H3,(H,33,34)/t20-/m1/s1. The Morgan fingerprint density at radius 2 is 1.92 bits per heavy atom. The Hall–Kier alpha value is -3.82. The minimum atomic E-state index is -0.956. The van der Waals surface area contributed by atoms with E-state index in [0.717, 1.165) is 30.5 Å². The normalized spacial score (nSPS) is 18.0.